The lowest BCUT2D eigenvalue weighted by Crippen LogP contribution is -2.50. The van der Waals surface area contributed by atoms with Gasteiger partial charge in [0.15, 0.2) is 22.8 Å². The van der Waals surface area contributed by atoms with E-state index in [4.69, 9.17) is 0 Å². The molecule has 1 amide bonds. The Kier molecular flexibility index (Phi) is 4.84. The molecule has 12 heteroatoms. The molecule has 0 aliphatic carbocycles. The van der Waals surface area contributed by atoms with Gasteiger partial charge in [-0.15, -0.1) is 0 Å². The molecule has 11 nitrogen and oxygen atoms in total. The van der Waals surface area contributed by atoms with Gasteiger partial charge in [-0.05, 0) is 6.92 Å². The van der Waals surface area contributed by atoms with Crippen molar-refractivity contribution in [1.82, 2.24) is 33.6 Å². The quantitative estimate of drug-likeness (QED) is 0.540. The molecule has 1 fully saturated rings. The van der Waals surface area contributed by atoms with Crippen LogP contribution in [-0.4, -0.2) is 65.6 Å². The van der Waals surface area contributed by atoms with Crippen LogP contribution in [-0.2, 0) is 25.4 Å². The second-order valence-electron chi connectivity index (χ2n) is 7.21. The number of amides is 1. The zero-order chi connectivity index (χ0) is 21.6. The largest absolute Gasteiger partial charge is 0.351 e. The fourth-order valence-corrected chi connectivity index (χ4v) is 3.60. The molecular formula is C18H21FN8O3. The number of rotatable bonds is 3. The van der Waals surface area contributed by atoms with E-state index in [0.717, 1.165) is 4.57 Å². The Bertz CT molecular complexity index is 1250. The summed E-state index contributed by atoms with van der Waals surface area (Å²) in [4.78, 5) is 52.8. The van der Waals surface area contributed by atoms with Crippen LogP contribution in [0.2, 0.25) is 0 Å². The molecule has 30 heavy (non-hydrogen) atoms. The van der Waals surface area contributed by atoms with E-state index in [1.54, 1.807) is 16.7 Å². The Morgan fingerprint density at radius 3 is 2.47 bits per heavy atom. The van der Waals surface area contributed by atoms with Gasteiger partial charge in [0, 0.05) is 40.3 Å². The standard InChI is InChI=1S/C18H21FN8O3/c1-11-13(19)15(21-9-20-11)26-6-4-25(5-7-26)12(28)8-27-10-22-16-14(27)17(29)24(3)18(30)23(16)2/h9-10H,4-8H2,1-3H3. The molecule has 0 bridgehead atoms. The van der Waals surface area contributed by atoms with E-state index in [0.29, 0.717) is 26.2 Å². The highest BCUT2D eigenvalue weighted by Crippen LogP contribution is 2.19. The van der Waals surface area contributed by atoms with Gasteiger partial charge in [-0.2, -0.15) is 0 Å². The van der Waals surface area contributed by atoms with E-state index in [1.807, 2.05) is 0 Å². The SMILES string of the molecule is Cc1ncnc(N2CCN(C(=O)Cn3cnc4c3c(=O)n(C)c(=O)n4C)CC2)c1F. The number of imidazole rings is 1. The van der Waals surface area contributed by atoms with Gasteiger partial charge in [0.2, 0.25) is 5.91 Å². The summed E-state index contributed by atoms with van der Waals surface area (Å²) in [5, 5.41) is 0. The highest BCUT2D eigenvalue weighted by atomic mass is 19.1. The van der Waals surface area contributed by atoms with Crippen molar-refractivity contribution in [2.24, 2.45) is 14.1 Å². The maximum Gasteiger partial charge on any atom is 0.332 e. The second-order valence-corrected chi connectivity index (χ2v) is 7.21. The Morgan fingerprint density at radius 1 is 1.07 bits per heavy atom. The lowest BCUT2D eigenvalue weighted by Gasteiger charge is -2.35. The molecule has 1 aliphatic rings. The summed E-state index contributed by atoms with van der Waals surface area (Å²) in [5.74, 6) is -0.410. The zero-order valence-electron chi connectivity index (χ0n) is 16.9. The van der Waals surface area contributed by atoms with Gasteiger partial charge in [-0.1, -0.05) is 0 Å². The third-order valence-electron chi connectivity index (χ3n) is 5.40. The third kappa shape index (κ3) is 3.13. The fourth-order valence-electron chi connectivity index (χ4n) is 3.60. The molecule has 3 aromatic heterocycles. The molecule has 0 radical (unpaired) electrons. The molecule has 4 heterocycles. The fraction of sp³-hybridized carbons (Fsp3) is 0.444. The van der Waals surface area contributed by atoms with Gasteiger partial charge >= 0.3 is 5.69 Å². The summed E-state index contributed by atoms with van der Waals surface area (Å²) >= 11 is 0. The summed E-state index contributed by atoms with van der Waals surface area (Å²) < 4.78 is 18.0. The van der Waals surface area contributed by atoms with Crippen LogP contribution in [0.25, 0.3) is 11.2 Å². The van der Waals surface area contributed by atoms with Gasteiger partial charge in [0.25, 0.3) is 5.56 Å². The van der Waals surface area contributed by atoms with Crippen LogP contribution in [0.5, 0.6) is 0 Å². The Labute approximate surface area is 170 Å². The van der Waals surface area contributed by atoms with Crippen molar-refractivity contribution < 1.29 is 9.18 Å². The molecule has 1 saturated heterocycles. The first-order valence-electron chi connectivity index (χ1n) is 9.40. The maximum atomic E-state index is 14.3. The molecule has 0 aromatic carbocycles. The van der Waals surface area contributed by atoms with Crippen molar-refractivity contribution in [3.05, 3.63) is 45.0 Å². The lowest BCUT2D eigenvalue weighted by molar-refractivity contribution is -0.132. The molecular weight excluding hydrogens is 395 g/mol. The van der Waals surface area contributed by atoms with E-state index >= 15 is 0 Å². The van der Waals surface area contributed by atoms with E-state index in [1.165, 1.54) is 35.9 Å². The molecule has 0 atom stereocenters. The van der Waals surface area contributed by atoms with Crippen LogP contribution in [0.3, 0.4) is 0 Å². The molecule has 0 saturated carbocycles. The van der Waals surface area contributed by atoms with Gasteiger partial charge in [0.05, 0.1) is 12.0 Å². The number of carbonyl (C=O) groups is 1. The summed E-state index contributed by atoms with van der Waals surface area (Å²) in [6.45, 7) is 3.15. The van der Waals surface area contributed by atoms with Crippen molar-refractivity contribution in [2.45, 2.75) is 13.5 Å². The molecule has 0 unspecified atom stereocenters. The first-order chi connectivity index (χ1) is 14.3. The van der Waals surface area contributed by atoms with Crippen LogP contribution in [0, 0.1) is 12.7 Å². The number of anilines is 1. The number of aromatic nitrogens is 6. The number of carbonyl (C=O) groups excluding carboxylic acids is 1. The summed E-state index contributed by atoms with van der Waals surface area (Å²) in [7, 11) is 2.91. The number of piperazine rings is 1. The highest BCUT2D eigenvalue weighted by Gasteiger charge is 2.25. The van der Waals surface area contributed by atoms with Crippen LogP contribution in [0.4, 0.5) is 10.2 Å². The first kappa shape index (κ1) is 19.7. The average Bonchev–Trinajstić information content (AvgIpc) is 3.16. The minimum atomic E-state index is -0.502. The Balaban J connectivity index is 1.50. The molecule has 4 rings (SSSR count). The number of nitrogens with zero attached hydrogens (tertiary/aromatic N) is 8. The van der Waals surface area contributed by atoms with Crippen LogP contribution in [0.15, 0.2) is 22.2 Å². The van der Waals surface area contributed by atoms with Crippen molar-refractivity contribution in [3.8, 4) is 0 Å². The second kappa shape index (κ2) is 7.35. The number of hydrogen-bond acceptors (Lipinski definition) is 7. The smallest absolute Gasteiger partial charge is 0.332 e. The van der Waals surface area contributed by atoms with E-state index in [9.17, 15) is 18.8 Å². The average molecular weight is 416 g/mol. The highest BCUT2D eigenvalue weighted by molar-refractivity contribution is 5.79. The van der Waals surface area contributed by atoms with E-state index in [2.05, 4.69) is 15.0 Å². The zero-order valence-corrected chi connectivity index (χ0v) is 16.9. The lowest BCUT2D eigenvalue weighted by atomic mass is 10.3. The van der Waals surface area contributed by atoms with Gasteiger partial charge in [0.1, 0.15) is 12.9 Å². The molecule has 0 N–H and O–H groups in total. The van der Waals surface area contributed by atoms with Crippen molar-refractivity contribution in [3.63, 3.8) is 0 Å². The van der Waals surface area contributed by atoms with Crippen LogP contribution >= 0.6 is 0 Å². The Hall–Kier alpha value is -3.57. The monoisotopic (exact) mass is 416 g/mol. The number of hydrogen-bond donors (Lipinski definition) is 0. The summed E-state index contributed by atoms with van der Waals surface area (Å²) in [6, 6.07) is 0. The maximum absolute atomic E-state index is 14.3. The first-order valence-corrected chi connectivity index (χ1v) is 9.40. The number of aryl methyl sites for hydroxylation is 2. The Morgan fingerprint density at radius 2 is 1.77 bits per heavy atom. The topological polar surface area (TPSA) is 111 Å². The normalized spacial score (nSPS) is 14.5. The van der Waals surface area contributed by atoms with E-state index < -0.39 is 17.1 Å². The number of halogens is 1. The van der Waals surface area contributed by atoms with E-state index in [-0.39, 0.29) is 35.1 Å². The van der Waals surface area contributed by atoms with Crippen molar-refractivity contribution >= 4 is 22.9 Å². The molecule has 3 aromatic rings. The molecule has 158 valence electrons. The molecule has 1 aliphatic heterocycles. The summed E-state index contributed by atoms with van der Waals surface area (Å²) in [5.41, 5.74) is -0.271. The third-order valence-corrected chi connectivity index (χ3v) is 5.40. The van der Waals surface area contributed by atoms with Crippen molar-refractivity contribution in [2.75, 3.05) is 31.1 Å². The van der Waals surface area contributed by atoms with Crippen LogP contribution in [0.1, 0.15) is 5.69 Å². The predicted molar refractivity (Wildman–Crippen MR) is 106 cm³/mol. The minimum Gasteiger partial charge on any atom is -0.351 e. The minimum absolute atomic E-state index is 0.0785. The predicted octanol–water partition coefficient (Wildman–Crippen LogP) is -0.980. The van der Waals surface area contributed by atoms with Gasteiger partial charge in [-0.25, -0.2) is 24.1 Å². The summed E-state index contributed by atoms with van der Waals surface area (Å²) in [6.07, 6.45) is 2.71. The number of fused-ring (bicyclic) bond motifs is 1. The van der Waals surface area contributed by atoms with Gasteiger partial charge < -0.3 is 14.4 Å². The van der Waals surface area contributed by atoms with Gasteiger partial charge in [-0.3, -0.25) is 18.7 Å². The van der Waals surface area contributed by atoms with Crippen molar-refractivity contribution in [1.29, 1.82) is 0 Å². The van der Waals surface area contributed by atoms with Crippen LogP contribution < -0.4 is 16.1 Å². The molecule has 0 spiro atoms.